The predicted octanol–water partition coefficient (Wildman–Crippen LogP) is 1.98. The number of urea groups is 1. The maximum absolute atomic E-state index is 13.0. The number of halogens is 1. The summed E-state index contributed by atoms with van der Waals surface area (Å²) < 4.78 is 5.69. The Morgan fingerprint density at radius 3 is 2.77 bits per heavy atom. The Balaban J connectivity index is 1.63. The lowest BCUT2D eigenvalue weighted by atomic mass is 10.1. The van der Waals surface area contributed by atoms with E-state index in [1.54, 1.807) is 21.9 Å². The van der Waals surface area contributed by atoms with E-state index >= 15 is 0 Å². The molecule has 1 fully saturated rings. The second-order valence-corrected chi connectivity index (χ2v) is 7.38. The van der Waals surface area contributed by atoms with Gasteiger partial charge < -0.3 is 9.64 Å². The van der Waals surface area contributed by atoms with Gasteiger partial charge in [-0.15, -0.1) is 0 Å². The first-order chi connectivity index (χ1) is 12.4. The minimum Gasteiger partial charge on any atom is -0.372 e. The zero-order valence-corrected chi connectivity index (χ0v) is 15.6. The van der Waals surface area contributed by atoms with Crippen molar-refractivity contribution in [3.63, 3.8) is 0 Å². The molecule has 1 aromatic rings. The molecule has 2 unspecified atom stereocenters. The number of benzene rings is 1. The molecule has 0 aliphatic carbocycles. The summed E-state index contributed by atoms with van der Waals surface area (Å²) in [7, 11) is 0. The number of aliphatic imine (C=N–C) groups is 1. The van der Waals surface area contributed by atoms with Crippen LogP contribution in [0.15, 0.2) is 23.2 Å². The van der Waals surface area contributed by atoms with E-state index < -0.39 is 0 Å². The third-order valence-electron chi connectivity index (χ3n) is 4.86. The first-order valence-corrected chi connectivity index (χ1v) is 9.18. The number of morpholine rings is 1. The van der Waals surface area contributed by atoms with Crippen LogP contribution < -0.4 is 4.90 Å². The van der Waals surface area contributed by atoms with Crippen molar-refractivity contribution in [3.8, 4) is 0 Å². The van der Waals surface area contributed by atoms with Crippen LogP contribution in [0, 0.1) is 0 Å². The predicted molar refractivity (Wildman–Crippen MR) is 98.9 cm³/mol. The normalized spacial score (nSPS) is 25.1. The Kier molecular flexibility index (Phi) is 4.36. The maximum atomic E-state index is 13.0. The highest BCUT2D eigenvalue weighted by molar-refractivity contribution is 6.31. The highest BCUT2D eigenvalue weighted by Crippen LogP contribution is 2.33. The highest BCUT2D eigenvalue weighted by Gasteiger charge is 2.39. The van der Waals surface area contributed by atoms with Crippen LogP contribution in [0.1, 0.15) is 19.4 Å². The van der Waals surface area contributed by atoms with Crippen LogP contribution in [0.4, 0.5) is 10.5 Å². The third-order valence-corrected chi connectivity index (χ3v) is 5.09. The molecule has 1 aromatic carbocycles. The van der Waals surface area contributed by atoms with Crippen molar-refractivity contribution < 1.29 is 14.3 Å². The van der Waals surface area contributed by atoms with Crippen molar-refractivity contribution in [2.45, 2.75) is 26.1 Å². The van der Waals surface area contributed by atoms with Crippen LogP contribution in [0.25, 0.3) is 0 Å². The van der Waals surface area contributed by atoms with Gasteiger partial charge in [-0.2, -0.15) is 0 Å². The summed E-state index contributed by atoms with van der Waals surface area (Å²) >= 11 is 6.15. The minimum absolute atomic E-state index is 0.0150. The second kappa shape index (κ2) is 6.55. The number of ether oxygens (including phenoxy) is 1. The molecule has 3 amide bonds. The third kappa shape index (κ3) is 2.95. The molecule has 0 radical (unpaired) electrons. The van der Waals surface area contributed by atoms with Crippen LogP contribution in [0.2, 0.25) is 5.02 Å². The molecule has 8 heteroatoms. The van der Waals surface area contributed by atoms with Gasteiger partial charge in [-0.3, -0.25) is 19.6 Å². The van der Waals surface area contributed by atoms with E-state index in [4.69, 9.17) is 16.3 Å². The quantitative estimate of drug-likeness (QED) is 0.792. The fraction of sp³-hybridized carbons (Fsp3) is 0.500. The minimum atomic E-state index is -0.223. The number of carbonyl (C=O) groups is 2. The number of anilines is 1. The topological polar surface area (TPSA) is 65.5 Å². The van der Waals surface area contributed by atoms with Gasteiger partial charge in [0.1, 0.15) is 12.4 Å². The van der Waals surface area contributed by atoms with Crippen molar-refractivity contribution in [1.29, 1.82) is 0 Å². The van der Waals surface area contributed by atoms with E-state index in [-0.39, 0.29) is 30.7 Å². The number of hydrogen-bond donors (Lipinski definition) is 0. The van der Waals surface area contributed by atoms with Crippen molar-refractivity contribution in [1.82, 2.24) is 9.80 Å². The van der Waals surface area contributed by atoms with Crippen molar-refractivity contribution >= 4 is 35.1 Å². The Bertz CT molecular complexity index is 787. The van der Waals surface area contributed by atoms with Gasteiger partial charge in [0.25, 0.3) is 0 Å². The van der Waals surface area contributed by atoms with Gasteiger partial charge in [0, 0.05) is 30.2 Å². The molecule has 0 aromatic heterocycles. The van der Waals surface area contributed by atoms with Crippen LogP contribution in [-0.2, 0) is 9.53 Å². The number of nitrogens with zero attached hydrogens (tertiary/aromatic N) is 4. The van der Waals surface area contributed by atoms with Crippen molar-refractivity contribution in [2.75, 3.05) is 37.6 Å². The SMILES string of the molecule is CC1CN(C(=O)CN2C(=O)N3CCN=C3c3ccc(Cl)cc32)CC(C)O1. The molecule has 0 bridgehead atoms. The van der Waals surface area contributed by atoms with Gasteiger partial charge in [0.15, 0.2) is 0 Å². The molecule has 3 heterocycles. The number of carbonyl (C=O) groups excluding carboxylic acids is 2. The summed E-state index contributed by atoms with van der Waals surface area (Å²) in [5.41, 5.74) is 1.48. The van der Waals surface area contributed by atoms with Gasteiger partial charge in [-0.25, -0.2) is 4.79 Å². The summed E-state index contributed by atoms with van der Waals surface area (Å²) in [6, 6.07) is 5.14. The molecule has 2 atom stereocenters. The highest BCUT2D eigenvalue weighted by atomic mass is 35.5. The summed E-state index contributed by atoms with van der Waals surface area (Å²) in [5, 5.41) is 0.523. The molecular formula is C18H21ClN4O3. The van der Waals surface area contributed by atoms with Crippen LogP contribution in [-0.4, -0.2) is 72.5 Å². The molecule has 3 aliphatic rings. The number of hydrogen-bond acceptors (Lipinski definition) is 4. The van der Waals surface area contributed by atoms with E-state index in [1.165, 1.54) is 4.90 Å². The van der Waals surface area contributed by atoms with Gasteiger partial charge in [0.05, 0.1) is 24.4 Å². The van der Waals surface area contributed by atoms with E-state index in [1.807, 2.05) is 19.9 Å². The van der Waals surface area contributed by atoms with E-state index in [9.17, 15) is 9.59 Å². The molecule has 0 saturated carbocycles. The Morgan fingerprint density at radius 1 is 1.31 bits per heavy atom. The first kappa shape index (κ1) is 17.3. The summed E-state index contributed by atoms with van der Waals surface area (Å²) in [6.07, 6.45) is -0.0300. The van der Waals surface area contributed by atoms with Crippen LogP contribution in [0.3, 0.4) is 0 Å². The first-order valence-electron chi connectivity index (χ1n) is 8.80. The zero-order valence-electron chi connectivity index (χ0n) is 14.8. The van der Waals surface area contributed by atoms with Crippen molar-refractivity contribution in [3.05, 3.63) is 28.8 Å². The largest absolute Gasteiger partial charge is 0.372 e. The van der Waals surface area contributed by atoms with Gasteiger partial charge in [0.2, 0.25) is 5.91 Å². The molecule has 26 heavy (non-hydrogen) atoms. The molecule has 1 saturated heterocycles. The van der Waals surface area contributed by atoms with Gasteiger partial charge >= 0.3 is 6.03 Å². The smallest absolute Gasteiger partial charge is 0.330 e. The summed E-state index contributed by atoms with van der Waals surface area (Å²) in [4.78, 5) is 35.2. The Morgan fingerprint density at radius 2 is 2.04 bits per heavy atom. The number of rotatable bonds is 2. The average molecular weight is 377 g/mol. The number of amides is 3. The van der Waals surface area contributed by atoms with E-state index in [2.05, 4.69) is 4.99 Å². The fourth-order valence-corrected chi connectivity index (χ4v) is 3.97. The molecular weight excluding hydrogens is 356 g/mol. The molecule has 0 N–H and O–H groups in total. The number of fused-ring (bicyclic) bond motifs is 3. The molecule has 7 nitrogen and oxygen atoms in total. The molecule has 3 aliphatic heterocycles. The van der Waals surface area contributed by atoms with Gasteiger partial charge in [-0.05, 0) is 32.0 Å². The lowest BCUT2D eigenvalue weighted by molar-refractivity contribution is -0.141. The zero-order chi connectivity index (χ0) is 18.4. The molecule has 0 spiro atoms. The van der Waals surface area contributed by atoms with Crippen LogP contribution >= 0.6 is 11.6 Å². The summed E-state index contributed by atoms with van der Waals surface area (Å²) in [6.45, 7) is 6.05. The van der Waals surface area contributed by atoms with Crippen molar-refractivity contribution in [2.24, 2.45) is 4.99 Å². The number of amidine groups is 1. The maximum Gasteiger partial charge on any atom is 0.330 e. The molecule has 138 valence electrons. The monoisotopic (exact) mass is 376 g/mol. The fourth-order valence-electron chi connectivity index (χ4n) is 3.80. The Hall–Kier alpha value is -2.12. The van der Waals surface area contributed by atoms with E-state index in [0.717, 1.165) is 5.56 Å². The average Bonchev–Trinajstić information content (AvgIpc) is 3.07. The lowest BCUT2D eigenvalue weighted by Crippen LogP contribution is -2.55. The lowest BCUT2D eigenvalue weighted by Gasteiger charge is -2.38. The standard InChI is InChI=1S/C18H21ClN4O3/c1-11-8-21(9-12(2)26-11)16(24)10-23-15-7-13(19)3-4-14(15)17-20-5-6-22(17)18(23)25/h3-4,7,11-12H,5-6,8-10H2,1-2H3. The summed E-state index contributed by atoms with van der Waals surface area (Å²) in [5.74, 6) is 0.574. The van der Waals surface area contributed by atoms with E-state index in [0.29, 0.717) is 42.7 Å². The second-order valence-electron chi connectivity index (χ2n) is 6.94. The van der Waals surface area contributed by atoms with Gasteiger partial charge in [-0.1, -0.05) is 11.6 Å². The Labute approximate surface area is 157 Å². The van der Waals surface area contributed by atoms with Crippen LogP contribution in [0.5, 0.6) is 0 Å². The molecule has 4 rings (SSSR count).